The average Bonchev–Trinajstić information content (AvgIpc) is 0.811. The molecule has 0 saturated heterocycles. The monoisotopic (exact) mass is 267 g/mol. The van der Waals surface area contributed by atoms with Crippen molar-refractivity contribution in [3.8, 4) is 0 Å². The molecule has 0 aliphatic carbocycles. The van der Waals surface area contributed by atoms with Gasteiger partial charge in [-0.25, -0.2) is 0 Å². The van der Waals surface area contributed by atoms with E-state index in [4.69, 9.17) is 0 Å². The Hall–Kier alpha value is 0.947. The quantitative estimate of drug-likeness (QED) is 0.467. The van der Waals surface area contributed by atoms with E-state index in [0.717, 1.165) is 0 Å². The zero-order chi connectivity index (χ0) is 3.58. The van der Waals surface area contributed by atoms with Gasteiger partial charge in [0.05, 0.1) is 0 Å². The van der Waals surface area contributed by atoms with Crippen LogP contribution in [0.2, 0.25) is 0 Å². The Morgan fingerprint density at radius 3 is 1.40 bits per heavy atom. The van der Waals surface area contributed by atoms with Crippen LogP contribution in [0.3, 0.4) is 0 Å². The summed E-state index contributed by atoms with van der Waals surface area (Å²) in [5, 5.41) is 0. The van der Waals surface area contributed by atoms with Crippen LogP contribution in [0.5, 0.6) is 0 Å². The van der Waals surface area contributed by atoms with E-state index in [9.17, 15) is 0 Å². The first-order valence-corrected chi connectivity index (χ1v) is 1.34. The average molecular weight is 266 g/mol. The molecule has 0 aliphatic heterocycles. The van der Waals surface area contributed by atoms with Crippen molar-refractivity contribution in [3.05, 3.63) is 0 Å². The molecule has 0 amide bonds. The molecule has 0 spiro atoms. The molecule has 3 heteroatoms. The van der Waals surface area contributed by atoms with Crippen molar-refractivity contribution in [2.45, 2.75) is 0 Å². The Morgan fingerprint density at radius 2 is 1.40 bits per heavy atom. The summed E-state index contributed by atoms with van der Waals surface area (Å²) in [4.78, 5) is 2.00. The first kappa shape index (κ1) is 9.34. The van der Waals surface area contributed by atoms with Gasteiger partial charge >= 0.3 is 27.3 Å². The van der Waals surface area contributed by atoms with Crippen molar-refractivity contribution in [1.29, 1.82) is 0 Å². The molecule has 0 bridgehead atoms. The molecule has 0 aliphatic rings. The predicted octanol–water partition coefficient (Wildman–Crippen LogP) is -1.82. The van der Waals surface area contributed by atoms with Gasteiger partial charge in [-0.15, -0.1) is 0 Å². The van der Waals surface area contributed by atoms with Crippen LogP contribution in [0.4, 0.5) is 0 Å². The molecule has 0 heterocycles. The number of hydrogen-bond acceptors (Lipinski definition) is 1. The van der Waals surface area contributed by atoms with Gasteiger partial charge in [0.1, 0.15) is 0 Å². The van der Waals surface area contributed by atoms with Crippen LogP contribution in [0.15, 0.2) is 0 Å². The fourth-order valence-corrected chi connectivity index (χ4v) is 0. The summed E-state index contributed by atoms with van der Waals surface area (Å²) >= 11 is 0. The summed E-state index contributed by atoms with van der Waals surface area (Å²) in [6, 6.07) is 0. The second-order valence-corrected chi connectivity index (χ2v) is 1.34. The molecule has 0 unspecified atom stereocenters. The summed E-state index contributed by atoms with van der Waals surface area (Å²) in [6.07, 6.45) is 0. The predicted molar refractivity (Wildman–Crippen MR) is 30.8 cm³/mol. The third-order valence-corrected chi connectivity index (χ3v) is 0. The van der Waals surface area contributed by atoms with Crippen LogP contribution in [0.25, 0.3) is 0 Å². The summed E-state index contributed by atoms with van der Waals surface area (Å²) < 4.78 is 0. The summed E-state index contributed by atoms with van der Waals surface area (Å²) in [5.74, 6) is 0. The van der Waals surface area contributed by atoms with E-state index in [1.807, 2.05) is 26.9 Å². The minimum atomic E-state index is 0. The molecule has 2 radical (unpaired) electrons. The van der Waals surface area contributed by atoms with Crippen molar-refractivity contribution in [2.24, 2.45) is 0 Å². The van der Waals surface area contributed by atoms with Crippen LogP contribution >= 0.6 is 0 Å². The van der Waals surface area contributed by atoms with Gasteiger partial charge in [-0.2, -0.15) is 0 Å². The molecule has 5 heavy (non-hydrogen) atoms. The van der Waals surface area contributed by atoms with Gasteiger partial charge in [0.15, 0.2) is 7.98 Å². The first-order chi connectivity index (χ1) is 1.73. The first-order valence-electron chi connectivity index (χ1n) is 1.34. The Balaban J connectivity index is 0. The third-order valence-electron chi connectivity index (χ3n) is 0. The Morgan fingerprint density at radius 1 is 1.40 bits per heavy atom. The summed E-state index contributed by atoms with van der Waals surface area (Å²) in [7, 11) is 6.00. The molecular weight excluding hydrogens is 256 g/mol. The number of nitrogens with zero attached hydrogens (tertiary/aromatic N) is 1. The zero-order valence-corrected chi connectivity index (χ0v) is 9.65. The van der Waals surface area contributed by atoms with Crippen LogP contribution in [0.1, 0.15) is 0 Å². The second kappa shape index (κ2) is 4.95. The molecule has 0 atom stereocenters. The molecule has 30 valence electrons. The Kier molecular flexibility index (Phi) is 9.24. The topological polar surface area (TPSA) is 3.24 Å². The van der Waals surface area contributed by atoms with Crippen molar-refractivity contribution in [1.82, 2.24) is 4.81 Å². The van der Waals surface area contributed by atoms with Gasteiger partial charge < -0.3 is 4.81 Å². The van der Waals surface area contributed by atoms with Gasteiger partial charge in [0.25, 0.3) is 0 Å². The summed E-state index contributed by atoms with van der Waals surface area (Å²) in [5.41, 5.74) is 0. The molecule has 0 aromatic rings. The van der Waals surface area contributed by atoms with E-state index in [1.54, 1.807) is 0 Å². The summed E-state index contributed by atoms with van der Waals surface area (Å²) in [6.45, 7) is 0. The molecule has 0 rings (SSSR count). The van der Waals surface area contributed by atoms with Crippen molar-refractivity contribution in [2.75, 3.05) is 14.1 Å². The Labute approximate surface area is 54.3 Å². The van der Waals surface area contributed by atoms with Crippen molar-refractivity contribution < 1.29 is 0 Å². The second-order valence-electron chi connectivity index (χ2n) is 1.34. The van der Waals surface area contributed by atoms with Crippen LogP contribution in [-0.2, 0) is 0 Å². The van der Waals surface area contributed by atoms with Crippen LogP contribution in [-0.4, -0.2) is 54.2 Å². The fourth-order valence-electron chi connectivity index (χ4n) is 0. The third kappa shape index (κ3) is 47.9. The molecule has 0 aromatic carbocycles. The van der Waals surface area contributed by atoms with E-state index < -0.39 is 0 Å². The number of hydrogen-bond donors (Lipinski definition) is 0. The fraction of sp³-hybridized carbons (Fsp3) is 1.00. The molecule has 0 saturated carbocycles. The van der Waals surface area contributed by atoms with Gasteiger partial charge in [-0.05, 0) is 14.1 Å². The van der Waals surface area contributed by atoms with E-state index in [1.165, 1.54) is 0 Å². The minimum absolute atomic E-state index is 0. The molecule has 0 fully saturated rings. The van der Waals surface area contributed by atoms with E-state index >= 15 is 0 Å². The van der Waals surface area contributed by atoms with Crippen LogP contribution in [0, 0.1) is 0 Å². The van der Waals surface area contributed by atoms with Gasteiger partial charge in [-0.3, -0.25) is 0 Å². The number of rotatable bonds is 0. The van der Waals surface area contributed by atoms with E-state index in [-0.39, 0.29) is 27.3 Å². The van der Waals surface area contributed by atoms with E-state index in [2.05, 4.69) is 0 Å². The van der Waals surface area contributed by atoms with Gasteiger partial charge in [0.2, 0.25) is 0 Å². The SMILES string of the molecule is BN(C)C.[PbH2]. The molecular formula is C2H10BNPb. The van der Waals surface area contributed by atoms with Gasteiger partial charge in [-0.1, -0.05) is 0 Å². The molecule has 0 aromatic heterocycles. The maximum atomic E-state index is 2.00. The van der Waals surface area contributed by atoms with Crippen LogP contribution < -0.4 is 0 Å². The molecule has 0 N–H and O–H groups in total. The molecule has 1 nitrogen and oxygen atoms in total. The van der Waals surface area contributed by atoms with Crippen molar-refractivity contribution in [3.63, 3.8) is 0 Å². The maximum absolute atomic E-state index is 2.00. The Bertz CT molecular complexity index is 14.4. The zero-order valence-electron chi connectivity index (χ0n) is 4.15. The van der Waals surface area contributed by atoms with Gasteiger partial charge in [0, 0.05) is 0 Å². The standard InChI is InChI=1S/C2H8BN.Pb.2H/c1-4(2)3;;;/h3H2,1-2H3;;;. The van der Waals surface area contributed by atoms with E-state index in [0.29, 0.717) is 0 Å². The normalized spacial score (nSPS) is 7.00. The van der Waals surface area contributed by atoms with Crippen molar-refractivity contribution >= 4 is 35.3 Å².